The van der Waals surface area contributed by atoms with E-state index in [1.54, 1.807) is 30.5 Å². The number of benzene rings is 2. The van der Waals surface area contributed by atoms with Gasteiger partial charge in [0, 0.05) is 25.8 Å². The van der Waals surface area contributed by atoms with E-state index in [0.717, 1.165) is 45.4 Å². The molecule has 0 radical (unpaired) electrons. The molecule has 1 fully saturated rings. The van der Waals surface area contributed by atoms with Gasteiger partial charge in [0.2, 0.25) is 0 Å². The van der Waals surface area contributed by atoms with Crippen LogP contribution in [0.5, 0.6) is 0 Å². The number of carbonyl (C=O) groups is 1. The summed E-state index contributed by atoms with van der Waals surface area (Å²) >= 11 is 0. The third-order valence-corrected chi connectivity index (χ3v) is 5.57. The topological polar surface area (TPSA) is 41.4 Å². The summed E-state index contributed by atoms with van der Waals surface area (Å²) in [5.41, 5.74) is 2.07. The lowest BCUT2D eigenvalue weighted by molar-refractivity contribution is 0.0755. The van der Waals surface area contributed by atoms with E-state index in [1.165, 1.54) is 16.3 Å². The number of hydrogen-bond donors (Lipinski definition) is 0. The van der Waals surface area contributed by atoms with Crippen LogP contribution in [0.2, 0.25) is 0 Å². The maximum atomic E-state index is 14.0. The van der Waals surface area contributed by atoms with E-state index in [2.05, 4.69) is 34.3 Å². The summed E-state index contributed by atoms with van der Waals surface area (Å²) in [5, 5.41) is 4.32. The zero-order chi connectivity index (χ0) is 20.8. The molecule has 4 rings (SSSR count). The molecular weight excluding hydrogens is 379 g/mol. The van der Waals surface area contributed by atoms with Crippen molar-refractivity contribution in [2.24, 2.45) is 0 Å². The second kappa shape index (κ2) is 9.67. The van der Waals surface area contributed by atoms with Crippen LogP contribution in [0.3, 0.4) is 0 Å². The van der Waals surface area contributed by atoms with E-state index in [0.29, 0.717) is 17.9 Å². The average Bonchev–Trinajstić information content (AvgIpc) is 3.14. The van der Waals surface area contributed by atoms with Crippen LogP contribution in [0, 0.1) is 5.82 Å². The fraction of sp³-hybridized carbons (Fsp3) is 0.333. The molecule has 0 saturated carbocycles. The average molecular weight is 407 g/mol. The van der Waals surface area contributed by atoms with Crippen LogP contribution in [0.25, 0.3) is 5.69 Å². The molecule has 1 saturated heterocycles. The van der Waals surface area contributed by atoms with Gasteiger partial charge < -0.3 is 9.80 Å². The summed E-state index contributed by atoms with van der Waals surface area (Å²) in [7, 11) is 0. The zero-order valence-corrected chi connectivity index (χ0v) is 17.1. The highest BCUT2D eigenvalue weighted by molar-refractivity contribution is 5.92. The lowest BCUT2D eigenvalue weighted by atomic mass is 10.1. The molecule has 0 atom stereocenters. The lowest BCUT2D eigenvalue weighted by Gasteiger charge is -2.21. The first kappa shape index (κ1) is 20.3. The van der Waals surface area contributed by atoms with Gasteiger partial charge in [-0.25, -0.2) is 9.07 Å². The van der Waals surface area contributed by atoms with Gasteiger partial charge in [-0.3, -0.25) is 4.79 Å². The zero-order valence-electron chi connectivity index (χ0n) is 17.1. The summed E-state index contributed by atoms with van der Waals surface area (Å²) in [5.74, 6) is -0.447. The quantitative estimate of drug-likeness (QED) is 0.625. The predicted octanol–water partition coefficient (Wildman–Crippen LogP) is 3.79. The molecular formula is C24H27FN4O. The minimum Gasteiger partial charge on any atom is -0.336 e. The van der Waals surface area contributed by atoms with Gasteiger partial charge in [0.15, 0.2) is 5.69 Å². The van der Waals surface area contributed by atoms with Crippen molar-refractivity contribution >= 4 is 5.91 Å². The number of para-hydroxylation sites is 1. The number of carbonyl (C=O) groups excluding carboxylic acids is 1. The fourth-order valence-electron chi connectivity index (χ4n) is 3.92. The van der Waals surface area contributed by atoms with Crippen molar-refractivity contribution in [1.29, 1.82) is 0 Å². The molecule has 1 aliphatic heterocycles. The Kier molecular flexibility index (Phi) is 6.54. The van der Waals surface area contributed by atoms with Crippen molar-refractivity contribution in [1.82, 2.24) is 19.6 Å². The van der Waals surface area contributed by atoms with E-state index < -0.39 is 0 Å². The van der Waals surface area contributed by atoms with Gasteiger partial charge in [-0.1, -0.05) is 42.5 Å². The van der Waals surface area contributed by atoms with Gasteiger partial charge in [-0.05, 0) is 56.1 Å². The highest BCUT2D eigenvalue weighted by atomic mass is 19.1. The Hall–Kier alpha value is -2.99. The van der Waals surface area contributed by atoms with Crippen LogP contribution in [0.15, 0.2) is 66.9 Å². The standard InChI is InChI=1S/C24H27FN4O/c25-21-11-4-5-12-23(21)29-17-13-22(26-29)24(30)28-16-7-15-27(18-19-28)14-6-10-20-8-2-1-3-9-20/h1-5,8-9,11-13,17H,6-7,10,14-16,18-19H2. The van der Waals surface area contributed by atoms with Gasteiger partial charge in [-0.15, -0.1) is 0 Å². The van der Waals surface area contributed by atoms with Gasteiger partial charge in [0.1, 0.15) is 11.5 Å². The highest BCUT2D eigenvalue weighted by Crippen LogP contribution is 2.14. The number of halogens is 1. The Morgan fingerprint density at radius 1 is 0.933 bits per heavy atom. The van der Waals surface area contributed by atoms with Gasteiger partial charge in [0.05, 0.1) is 0 Å². The Balaban J connectivity index is 1.31. The SMILES string of the molecule is O=C(c1ccn(-c2ccccc2F)n1)N1CCCN(CCCc2ccccc2)CC1. The monoisotopic (exact) mass is 406 g/mol. The minimum absolute atomic E-state index is 0.0868. The number of amides is 1. The van der Waals surface area contributed by atoms with Crippen LogP contribution in [0.1, 0.15) is 28.9 Å². The maximum Gasteiger partial charge on any atom is 0.274 e. The Morgan fingerprint density at radius 2 is 1.73 bits per heavy atom. The minimum atomic E-state index is -0.361. The smallest absolute Gasteiger partial charge is 0.274 e. The molecule has 6 heteroatoms. The second-order valence-corrected chi connectivity index (χ2v) is 7.67. The van der Waals surface area contributed by atoms with E-state index in [1.807, 2.05) is 11.0 Å². The van der Waals surface area contributed by atoms with Crippen LogP contribution >= 0.6 is 0 Å². The summed E-state index contributed by atoms with van der Waals surface area (Å²) in [4.78, 5) is 17.2. The van der Waals surface area contributed by atoms with Crippen LogP contribution < -0.4 is 0 Å². The molecule has 1 amide bonds. The van der Waals surface area contributed by atoms with Crippen LogP contribution in [-0.2, 0) is 6.42 Å². The van der Waals surface area contributed by atoms with E-state index in [4.69, 9.17) is 0 Å². The Morgan fingerprint density at radius 3 is 2.57 bits per heavy atom. The van der Waals surface area contributed by atoms with Crippen molar-refractivity contribution in [2.45, 2.75) is 19.3 Å². The van der Waals surface area contributed by atoms with Crippen molar-refractivity contribution in [3.8, 4) is 5.69 Å². The van der Waals surface area contributed by atoms with Crippen LogP contribution in [-0.4, -0.2) is 58.2 Å². The van der Waals surface area contributed by atoms with E-state index >= 15 is 0 Å². The molecule has 5 nitrogen and oxygen atoms in total. The maximum absolute atomic E-state index is 14.0. The third kappa shape index (κ3) is 4.94. The predicted molar refractivity (Wildman–Crippen MR) is 115 cm³/mol. The first-order valence-electron chi connectivity index (χ1n) is 10.6. The Bertz CT molecular complexity index is 972. The molecule has 2 aromatic carbocycles. The summed E-state index contributed by atoms with van der Waals surface area (Å²) in [6, 6.07) is 18.6. The molecule has 0 spiro atoms. The lowest BCUT2D eigenvalue weighted by Crippen LogP contribution is -2.35. The van der Waals surface area contributed by atoms with E-state index in [9.17, 15) is 9.18 Å². The number of nitrogens with zero attached hydrogens (tertiary/aromatic N) is 4. The normalized spacial score (nSPS) is 15.2. The number of aromatic nitrogens is 2. The molecule has 0 bridgehead atoms. The first-order valence-corrected chi connectivity index (χ1v) is 10.6. The number of aryl methyl sites for hydroxylation is 1. The third-order valence-electron chi connectivity index (χ3n) is 5.57. The molecule has 2 heterocycles. The number of hydrogen-bond acceptors (Lipinski definition) is 3. The van der Waals surface area contributed by atoms with Crippen molar-refractivity contribution in [3.05, 3.63) is 83.9 Å². The summed E-state index contributed by atoms with van der Waals surface area (Å²) < 4.78 is 15.4. The molecule has 0 aliphatic carbocycles. The molecule has 30 heavy (non-hydrogen) atoms. The summed E-state index contributed by atoms with van der Waals surface area (Å²) in [6.45, 7) is 4.33. The highest BCUT2D eigenvalue weighted by Gasteiger charge is 2.22. The molecule has 3 aromatic rings. The van der Waals surface area contributed by atoms with E-state index in [-0.39, 0.29) is 11.7 Å². The van der Waals surface area contributed by atoms with Gasteiger partial charge in [-0.2, -0.15) is 5.10 Å². The molecule has 1 aromatic heterocycles. The van der Waals surface area contributed by atoms with Crippen molar-refractivity contribution < 1.29 is 9.18 Å². The molecule has 1 aliphatic rings. The van der Waals surface area contributed by atoms with Gasteiger partial charge in [0.25, 0.3) is 5.91 Å². The second-order valence-electron chi connectivity index (χ2n) is 7.67. The van der Waals surface area contributed by atoms with Crippen molar-refractivity contribution in [2.75, 3.05) is 32.7 Å². The Labute approximate surface area is 176 Å². The molecule has 156 valence electrons. The van der Waals surface area contributed by atoms with Crippen LogP contribution in [0.4, 0.5) is 4.39 Å². The van der Waals surface area contributed by atoms with Crippen molar-refractivity contribution in [3.63, 3.8) is 0 Å². The molecule has 0 N–H and O–H groups in total. The summed E-state index contributed by atoms with van der Waals surface area (Å²) in [6.07, 6.45) is 4.78. The first-order chi connectivity index (χ1) is 14.7. The number of rotatable bonds is 6. The fourth-order valence-corrected chi connectivity index (χ4v) is 3.92. The largest absolute Gasteiger partial charge is 0.336 e. The molecule has 0 unspecified atom stereocenters. The van der Waals surface area contributed by atoms with Gasteiger partial charge >= 0.3 is 0 Å².